The van der Waals surface area contributed by atoms with E-state index < -0.39 is 23.9 Å². The van der Waals surface area contributed by atoms with Gasteiger partial charge in [-0.2, -0.15) is 0 Å². The number of amides is 2. The Kier molecular flexibility index (Phi) is 9.21. The molecule has 0 aromatic heterocycles. The zero-order valence-corrected chi connectivity index (χ0v) is 22.4. The van der Waals surface area contributed by atoms with Gasteiger partial charge in [-0.05, 0) is 60.2 Å². The number of nitrogens with one attached hydrogen (secondary N) is 2. The van der Waals surface area contributed by atoms with E-state index in [4.69, 9.17) is 25.8 Å². The zero-order valence-electron chi connectivity index (χ0n) is 21.6. The van der Waals surface area contributed by atoms with Gasteiger partial charge in [-0.15, -0.1) is 0 Å². The van der Waals surface area contributed by atoms with Crippen molar-refractivity contribution in [3.8, 4) is 11.5 Å². The Hall–Kier alpha value is -4.60. The van der Waals surface area contributed by atoms with E-state index in [1.807, 2.05) is 0 Å². The molecule has 3 N–H and O–H groups in total. The average molecular weight is 565 g/mol. The molecule has 0 radical (unpaired) electrons. The Labute approximate surface area is 235 Å². The molecular weight excluding hydrogens is 539 g/mol. The predicted octanol–water partition coefficient (Wildman–Crippen LogP) is 6.58. The zero-order chi connectivity index (χ0) is 28.6. The number of ether oxygens (including phenoxy) is 3. The van der Waals surface area contributed by atoms with Crippen LogP contribution in [0.2, 0.25) is 5.02 Å². The van der Waals surface area contributed by atoms with Crippen LogP contribution in [0.1, 0.15) is 33.2 Å². The Morgan fingerprint density at radius 3 is 2.17 bits per heavy atom. The molecule has 0 saturated heterocycles. The molecule has 40 heavy (non-hydrogen) atoms. The minimum atomic E-state index is -0.782. The highest BCUT2D eigenvalue weighted by atomic mass is 35.5. The first-order valence-corrected chi connectivity index (χ1v) is 12.5. The summed E-state index contributed by atoms with van der Waals surface area (Å²) in [6.45, 7) is -0.266. The highest BCUT2D eigenvalue weighted by Crippen LogP contribution is 2.35. The van der Waals surface area contributed by atoms with Gasteiger partial charge in [0.05, 0.1) is 20.8 Å². The number of urea groups is 1. The minimum Gasteiger partial charge on any atom is -0.496 e. The van der Waals surface area contributed by atoms with Crippen molar-refractivity contribution in [1.29, 1.82) is 0 Å². The van der Waals surface area contributed by atoms with Crippen LogP contribution >= 0.6 is 11.6 Å². The SMILES string of the molecule is COC(=O)c1cc(NC(=O)Nc2ccc(OC)c(CO)c2)ccc1OC(c1ccc(F)cc1)c1ccccc1Cl. The van der Waals surface area contributed by atoms with E-state index in [0.29, 0.717) is 33.1 Å². The van der Waals surface area contributed by atoms with E-state index in [1.54, 1.807) is 60.7 Å². The summed E-state index contributed by atoms with van der Waals surface area (Å²) >= 11 is 6.46. The van der Waals surface area contributed by atoms with Crippen molar-refractivity contribution in [2.24, 2.45) is 0 Å². The summed E-state index contributed by atoms with van der Waals surface area (Å²) in [6, 6.07) is 21.5. The van der Waals surface area contributed by atoms with Gasteiger partial charge in [0.25, 0.3) is 0 Å². The number of esters is 1. The van der Waals surface area contributed by atoms with Crippen molar-refractivity contribution in [2.45, 2.75) is 12.7 Å². The number of methoxy groups -OCH3 is 2. The molecule has 0 aliphatic rings. The smallest absolute Gasteiger partial charge is 0.341 e. The summed E-state index contributed by atoms with van der Waals surface area (Å²) in [4.78, 5) is 25.4. The van der Waals surface area contributed by atoms with E-state index in [-0.39, 0.29) is 23.6 Å². The fourth-order valence-corrected chi connectivity index (χ4v) is 4.25. The quantitative estimate of drug-likeness (QED) is 0.198. The summed E-state index contributed by atoms with van der Waals surface area (Å²) in [6.07, 6.45) is -0.782. The number of hydrogen-bond donors (Lipinski definition) is 3. The number of anilines is 2. The summed E-state index contributed by atoms with van der Waals surface area (Å²) in [5, 5.41) is 15.3. The lowest BCUT2D eigenvalue weighted by Crippen LogP contribution is -2.20. The summed E-state index contributed by atoms with van der Waals surface area (Å²) in [7, 11) is 2.71. The van der Waals surface area contributed by atoms with Gasteiger partial charge in [0.15, 0.2) is 6.10 Å². The van der Waals surface area contributed by atoms with Crippen LogP contribution in [0.4, 0.5) is 20.6 Å². The molecule has 4 aromatic carbocycles. The number of halogens is 2. The van der Waals surface area contributed by atoms with Crippen LogP contribution < -0.4 is 20.1 Å². The number of aliphatic hydroxyl groups is 1. The van der Waals surface area contributed by atoms with Crippen LogP contribution in [0.15, 0.2) is 84.9 Å². The Morgan fingerprint density at radius 1 is 0.900 bits per heavy atom. The van der Waals surface area contributed by atoms with Crippen molar-refractivity contribution in [3.63, 3.8) is 0 Å². The Balaban J connectivity index is 1.61. The van der Waals surface area contributed by atoms with Crippen LogP contribution in [-0.2, 0) is 11.3 Å². The number of hydrogen-bond acceptors (Lipinski definition) is 6. The number of rotatable bonds is 9. The van der Waals surface area contributed by atoms with Crippen molar-refractivity contribution in [2.75, 3.05) is 24.9 Å². The Morgan fingerprint density at radius 2 is 1.55 bits per heavy atom. The highest BCUT2D eigenvalue weighted by Gasteiger charge is 2.23. The molecular formula is C30H26ClFN2O6. The maximum Gasteiger partial charge on any atom is 0.341 e. The molecule has 0 heterocycles. The maximum absolute atomic E-state index is 13.6. The molecule has 8 nitrogen and oxygen atoms in total. The monoisotopic (exact) mass is 564 g/mol. The van der Waals surface area contributed by atoms with Crippen LogP contribution in [0.3, 0.4) is 0 Å². The number of aliphatic hydroxyl groups excluding tert-OH is 1. The molecule has 0 aliphatic carbocycles. The van der Waals surface area contributed by atoms with Crippen LogP contribution in [0, 0.1) is 5.82 Å². The third kappa shape index (κ3) is 6.69. The molecule has 0 bridgehead atoms. The van der Waals surface area contributed by atoms with Crippen LogP contribution in [0.25, 0.3) is 0 Å². The number of carbonyl (C=O) groups is 2. The fourth-order valence-electron chi connectivity index (χ4n) is 4.02. The molecule has 0 aliphatic heterocycles. The molecule has 4 aromatic rings. The second-order valence-corrected chi connectivity index (χ2v) is 8.94. The van der Waals surface area contributed by atoms with Gasteiger partial charge < -0.3 is 30.0 Å². The minimum absolute atomic E-state index is 0.0477. The predicted molar refractivity (Wildman–Crippen MR) is 150 cm³/mol. The molecule has 1 atom stereocenters. The van der Waals surface area contributed by atoms with Gasteiger partial charge in [0, 0.05) is 27.5 Å². The normalized spacial score (nSPS) is 11.3. The van der Waals surface area contributed by atoms with Gasteiger partial charge in [-0.1, -0.05) is 41.9 Å². The van der Waals surface area contributed by atoms with Gasteiger partial charge in [-0.25, -0.2) is 14.0 Å². The van der Waals surface area contributed by atoms with E-state index >= 15 is 0 Å². The van der Waals surface area contributed by atoms with Crippen molar-refractivity contribution >= 4 is 35.0 Å². The van der Waals surface area contributed by atoms with E-state index in [2.05, 4.69) is 10.6 Å². The fraction of sp³-hybridized carbons (Fsp3) is 0.133. The van der Waals surface area contributed by atoms with Crippen molar-refractivity contribution in [1.82, 2.24) is 0 Å². The van der Waals surface area contributed by atoms with Gasteiger partial charge in [-0.3, -0.25) is 0 Å². The van der Waals surface area contributed by atoms with Crippen LogP contribution in [-0.4, -0.2) is 31.3 Å². The molecule has 10 heteroatoms. The lowest BCUT2D eigenvalue weighted by atomic mass is 10.0. The van der Waals surface area contributed by atoms with E-state index in [0.717, 1.165) is 0 Å². The van der Waals surface area contributed by atoms with Gasteiger partial charge in [0.2, 0.25) is 0 Å². The number of carbonyl (C=O) groups excluding carboxylic acids is 2. The molecule has 0 fully saturated rings. The third-order valence-corrected chi connectivity index (χ3v) is 6.30. The lowest BCUT2D eigenvalue weighted by molar-refractivity contribution is 0.0594. The largest absolute Gasteiger partial charge is 0.496 e. The van der Waals surface area contributed by atoms with E-state index in [1.165, 1.54) is 38.5 Å². The lowest BCUT2D eigenvalue weighted by Gasteiger charge is -2.23. The second-order valence-electron chi connectivity index (χ2n) is 8.54. The number of benzene rings is 4. The summed E-state index contributed by atoms with van der Waals surface area (Å²) in [5.74, 6) is -0.455. The van der Waals surface area contributed by atoms with E-state index in [9.17, 15) is 19.1 Å². The van der Waals surface area contributed by atoms with Crippen LogP contribution in [0.5, 0.6) is 11.5 Å². The standard InChI is InChI=1S/C30H26ClFN2O6/c1-38-26-13-11-21(15-19(26)17-35)33-30(37)34-22-12-14-27(24(16-22)29(36)39-2)40-28(18-7-9-20(32)10-8-18)23-5-3-4-6-25(23)31/h3-16,28,35H,17H2,1-2H3,(H2,33,34,37). The average Bonchev–Trinajstić information content (AvgIpc) is 2.97. The molecule has 0 spiro atoms. The van der Waals surface area contributed by atoms with Gasteiger partial charge in [0.1, 0.15) is 22.9 Å². The first-order chi connectivity index (χ1) is 19.3. The topological polar surface area (TPSA) is 106 Å². The first kappa shape index (κ1) is 28.4. The summed E-state index contributed by atoms with van der Waals surface area (Å²) < 4.78 is 30.1. The van der Waals surface area contributed by atoms with Crippen molar-refractivity contribution < 1.29 is 33.3 Å². The highest BCUT2D eigenvalue weighted by molar-refractivity contribution is 6.31. The van der Waals surface area contributed by atoms with Crippen molar-refractivity contribution in [3.05, 3.63) is 118 Å². The first-order valence-electron chi connectivity index (χ1n) is 12.1. The second kappa shape index (κ2) is 13.0. The van der Waals surface area contributed by atoms with Gasteiger partial charge >= 0.3 is 12.0 Å². The maximum atomic E-state index is 13.6. The molecule has 206 valence electrons. The molecule has 4 rings (SSSR count). The Bertz CT molecular complexity index is 1510. The third-order valence-electron chi connectivity index (χ3n) is 5.96. The molecule has 1 unspecified atom stereocenters. The molecule has 0 saturated carbocycles. The molecule has 2 amide bonds. The summed E-state index contributed by atoms with van der Waals surface area (Å²) in [5.41, 5.74) is 2.48.